The summed E-state index contributed by atoms with van der Waals surface area (Å²) in [5.74, 6) is -1.74. The molecule has 1 saturated heterocycles. The molecule has 1 aliphatic rings. The highest BCUT2D eigenvalue weighted by Crippen LogP contribution is 2.32. The zero-order valence-electron chi connectivity index (χ0n) is 19.8. The summed E-state index contributed by atoms with van der Waals surface area (Å²) in [6.45, 7) is 3.37. The first-order valence-electron chi connectivity index (χ1n) is 11.1. The van der Waals surface area contributed by atoms with Crippen molar-refractivity contribution < 1.29 is 42.5 Å². The Morgan fingerprint density at radius 2 is 1.50 bits per heavy atom. The van der Waals surface area contributed by atoms with Gasteiger partial charge in [0.1, 0.15) is 11.3 Å². The average Bonchev–Trinajstić information content (AvgIpc) is 2.81. The maximum absolute atomic E-state index is 12.2. The first kappa shape index (κ1) is 24.9. The molecule has 0 saturated carbocycles. The Labute approximate surface area is 205 Å². The maximum atomic E-state index is 12.2. The van der Waals surface area contributed by atoms with Crippen LogP contribution in [0.5, 0.6) is 5.75 Å². The number of carbonyl (C=O) groups is 3. The number of carbonyl (C=O) groups excluding carboxylic acids is 3. The van der Waals surface area contributed by atoms with Crippen LogP contribution in [0.25, 0.3) is 22.1 Å². The third kappa shape index (κ3) is 5.72. The van der Waals surface area contributed by atoms with E-state index in [1.807, 2.05) is 30.3 Å². The third-order valence-corrected chi connectivity index (χ3v) is 5.36. The van der Waals surface area contributed by atoms with E-state index < -0.39 is 48.1 Å². The molecule has 10 nitrogen and oxygen atoms in total. The Balaban J connectivity index is 1.66. The lowest BCUT2D eigenvalue weighted by molar-refractivity contribution is -0.259. The maximum Gasteiger partial charge on any atom is 0.336 e. The van der Waals surface area contributed by atoms with Gasteiger partial charge in [-0.1, -0.05) is 30.3 Å². The molecule has 1 aliphatic heterocycles. The van der Waals surface area contributed by atoms with Crippen molar-refractivity contribution in [2.24, 2.45) is 0 Å². The monoisotopic (exact) mass is 496 g/mol. The van der Waals surface area contributed by atoms with Crippen molar-refractivity contribution in [2.45, 2.75) is 45.4 Å². The number of esters is 3. The number of hydrogen-bond donors (Lipinski definition) is 0. The van der Waals surface area contributed by atoms with Crippen molar-refractivity contribution in [1.82, 2.24) is 0 Å². The summed E-state index contributed by atoms with van der Waals surface area (Å²) in [5, 5.41) is 0.682. The quantitative estimate of drug-likeness (QED) is 0.285. The van der Waals surface area contributed by atoms with Crippen molar-refractivity contribution in [3.63, 3.8) is 0 Å². The van der Waals surface area contributed by atoms with Crippen LogP contribution < -0.4 is 10.4 Å². The lowest BCUT2D eigenvalue weighted by atomic mass is 10.0. The Kier molecular flexibility index (Phi) is 7.35. The summed E-state index contributed by atoms with van der Waals surface area (Å²) in [4.78, 5) is 47.3. The number of benzene rings is 2. The minimum Gasteiger partial charge on any atom is -0.461 e. The van der Waals surface area contributed by atoms with Gasteiger partial charge < -0.3 is 28.1 Å². The molecular weight excluding hydrogens is 472 g/mol. The normalized spacial score (nSPS) is 21.4. The van der Waals surface area contributed by atoms with Crippen LogP contribution in [-0.4, -0.2) is 49.1 Å². The summed E-state index contributed by atoms with van der Waals surface area (Å²) in [6.07, 6.45) is -4.65. The highest BCUT2D eigenvalue weighted by Gasteiger charge is 2.48. The van der Waals surface area contributed by atoms with E-state index in [1.165, 1.54) is 32.9 Å². The molecule has 0 aliphatic carbocycles. The Morgan fingerprint density at radius 1 is 0.833 bits per heavy atom. The van der Waals surface area contributed by atoms with E-state index in [9.17, 15) is 19.2 Å². The van der Waals surface area contributed by atoms with E-state index >= 15 is 0 Å². The molecule has 2 aromatic carbocycles. The highest BCUT2D eigenvalue weighted by atomic mass is 16.7. The summed E-state index contributed by atoms with van der Waals surface area (Å²) >= 11 is 0. The van der Waals surface area contributed by atoms with Gasteiger partial charge in [-0.05, 0) is 23.3 Å². The first-order chi connectivity index (χ1) is 17.2. The Hall–Kier alpha value is -4.18. The predicted molar refractivity (Wildman–Crippen MR) is 125 cm³/mol. The lowest BCUT2D eigenvalue weighted by Gasteiger charge is -2.40. The van der Waals surface area contributed by atoms with Gasteiger partial charge in [-0.3, -0.25) is 14.4 Å². The molecule has 4 atom stereocenters. The average molecular weight is 496 g/mol. The zero-order chi connectivity index (χ0) is 25.8. The van der Waals surface area contributed by atoms with Gasteiger partial charge in [-0.15, -0.1) is 0 Å². The molecule has 36 heavy (non-hydrogen) atoms. The van der Waals surface area contributed by atoms with Crippen LogP contribution in [0.3, 0.4) is 0 Å². The van der Waals surface area contributed by atoms with E-state index in [0.717, 1.165) is 5.56 Å². The van der Waals surface area contributed by atoms with Gasteiger partial charge in [-0.25, -0.2) is 4.79 Å². The molecule has 3 aromatic rings. The van der Waals surface area contributed by atoms with Crippen LogP contribution in [0.4, 0.5) is 0 Å². The minimum atomic E-state index is -1.25. The molecule has 10 heteroatoms. The summed E-state index contributed by atoms with van der Waals surface area (Å²) in [5.41, 5.74) is 1.27. The zero-order valence-corrected chi connectivity index (χ0v) is 19.8. The smallest absolute Gasteiger partial charge is 0.336 e. The number of rotatable bonds is 6. The van der Waals surface area contributed by atoms with Gasteiger partial charge in [0, 0.05) is 38.3 Å². The SMILES string of the molecule is CC(=O)O[C@@H]1[C@H](Oc2ccc3c(-c4ccccc4)cc(=O)oc3c2)OC[C@@H](OC(C)=O)[C@H]1OC(C)=O. The minimum absolute atomic E-state index is 0.180. The molecule has 0 radical (unpaired) electrons. The highest BCUT2D eigenvalue weighted by molar-refractivity contribution is 5.93. The Morgan fingerprint density at radius 3 is 2.17 bits per heavy atom. The van der Waals surface area contributed by atoms with E-state index in [1.54, 1.807) is 12.1 Å². The van der Waals surface area contributed by atoms with E-state index in [-0.39, 0.29) is 17.9 Å². The molecule has 1 aromatic heterocycles. The molecule has 4 rings (SSSR count). The lowest BCUT2D eigenvalue weighted by Crippen LogP contribution is -2.59. The number of ether oxygens (including phenoxy) is 5. The summed E-state index contributed by atoms with van der Waals surface area (Å²) < 4.78 is 32.9. The Bertz CT molecular complexity index is 1330. The van der Waals surface area contributed by atoms with Gasteiger partial charge >= 0.3 is 23.5 Å². The standard InChI is InChI=1S/C26H24O10/c1-14(27)32-22-13-31-26(25(34-16(3)29)24(22)33-15(2)28)35-18-9-10-19-20(17-7-5-4-6-8-17)12-23(30)36-21(19)11-18/h4-12,22,24-26H,13H2,1-3H3/t22-,24-,25+,26+/m1/s1. The van der Waals surface area contributed by atoms with Crippen molar-refractivity contribution >= 4 is 28.9 Å². The summed E-state index contributed by atoms with van der Waals surface area (Å²) in [7, 11) is 0. The van der Waals surface area contributed by atoms with Crippen LogP contribution in [0.2, 0.25) is 0 Å². The van der Waals surface area contributed by atoms with Gasteiger partial charge in [0.2, 0.25) is 12.4 Å². The van der Waals surface area contributed by atoms with Gasteiger partial charge in [0.25, 0.3) is 0 Å². The second-order valence-electron chi connectivity index (χ2n) is 8.12. The summed E-state index contributed by atoms with van der Waals surface area (Å²) in [6, 6.07) is 15.7. The third-order valence-electron chi connectivity index (χ3n) is 5.36. The fourth-order valence-electron chi connectivity index (χ4n) is 4.02. The van der Waals surface area contributed by atoms with Crippen LogP contribution in [0.1, 0.15) is 20.8 Å². The largest absolute Gasteiger partial charge is 0.461 e. The van der Waals surface area contributed by atoms with E-state index in [4.69, 9.17) is 28.1 Å². The second-order valence-corrected chi connectivity index (χ2v) is 8.12. The molecule has 188 valence electrons. The molecule has 0 N–H and O–H groups in total. The number of hydrogen-bond acceptors (Lipinski definition) is 10. The van der Waals surface area contributed by atoms with Crippen molar-refractivity contribution in [2.75, 3.05) is 6.61 Å². The van der Waals surface area contributed by atoms with Crippen LogP contribution in [0, 0.1) is 0 Å². The van der Waals surface area contributed by atoms with Crippen LogP contribution >= 0.6 is 0 Å². The molecule has 0 spiro atoms. The molecular formula is C26H24O10. The fraction of sp³-hybridized carbons (Fsp3) is 0.308. The fourth-order valence-corrected chi connectivity index (χ4v) is 4.02. The molecule has 0 unspecified atom stereocenters. The second kappa shape index (κ2) is 10.6. The molecule has 2 heterocycles. The van der Waals surface area contributed by atoms with E-state index in [2.05, 4.69) is 0 Å². The first-order valence-corrected chi connectivity index (χ1v) is 11.1. The van der Waals surface area contributed by atoms with Crippen LogP contribution in [0.15, 0.2) is 63.8 Å². The molecule has 0 bridgehead atoms. The van der Waals surface area contributed by atoms with Gasteiger partial charge in [0.15, 0.2) is 12.2 Å². The predicted octanol–water partition coefficient (Wildman–Crippen LogP) is 2.99. The topological polar surface area (TPSA) is 128 Å². The van der Waals surface area contributed by atoms with Crippen molar-refractivity contribution in [1.29, 1.82) is 0 Å². The van der Waals surface area contributed by atoms with E-state index in [0.29, 0.717) is 10.9 Å². The molecule has 1 fully saturated rings. The van der Waals surface area contributed by atoms with Crippen molar-refractivity contribution in [3.8, 4) is 16.9 Å². The van der Waals surface area contributed by atoms with Crippen LogP contribution in [-0.2, 0) is 33.3 Å². The van der Waals surface area contributed by atoms with Gasteiger partial charge in [-0.2, -0.15) is 0 Å². The van der Waals surface area contributed by atoms with Gasteiger partial charge in [0.05, 0.1) is 6.61 Å². The molecule has 0 amide bonds. The van der Waals surface area contributed by atoms with Crippen molar-refractivity contribution in [3.05, 3.63) is 65.0 Å². The number of fused-ring (bicyclic) bond motifs is 1.